The molecule has 1 aliphatic rings. The number of amides is 2. The molecule has 7 heteroatoms. The molecule has 7 nitrogen and oxygen atoms in total. The molecular weight excluding hydrogens is 492 g/mol. The second-order valence-electron chi connectivity index (χ2n) is 9.22. The van der Waals surface area contributed by atoms with Gasteiger partial charge in [0.2, 0.25) is 5.91 Å². The lowest BCUT2D eigenvalue weighted by Gasteiger charge is -2.42. The average Bonchev–Trinajstić information content (AvgIpc) is 3.00. The van der Waals surface area contributed by atoms with Gasteiger partial charge in [-0.15, -0.1) is 0 Å². The van der Waals surface area contributed by atoms with Gasteiger partial charge in [-0.2, -0.15) is 0 Å². The fourth-order valence-electron chi connectivity index (χ4n) is 4.36. The number of β-lactam (4-membered cyclic amide) rings is 1. The second-order valence-corrected chi connectivity index (χ2v) is 9.22. The lowest BCUT2D eigenvalue weighted by atomic mass is 9.97. The molecule has 39 heavy (non-hydrogen) atoms. The minimum atomic E-state index is -0.950. The van der Waals surface area contributed by atoms with Crippen LogP contribution in [0.5, 0.6) is 5.75 Å². The Bertz CT molecular complexity index is 1410. The molecule has 0 aromatic heterocycles. The molecule has 2 amide bonds. The summed E-state index contributed by atoms with van der Waals surface area (Å²) in [4.78, 5) is 40.4. The normalized spacial score (nSPS) is 15.1. The van der Waals surface area contributed by atoms with E-state index in [2.05, 4.69) is 5.32 Å². The minimum absolute atomic E-state index is 0.0879. The van der Waals surface area contributed by atoms with E-state index in [1.165, 1.54) is 4.90 Å². The highest BCUT2D eigenvalue weighted by atomic mass is 16.5. The van der Waals surface area contributed by atoms with Crippen molar-refractivity contribution in [2.75, 3.05) is 6.54 Å². The fourth-order valence-corrected chi connectivity index (χ4v) is 4.36. The molecule has 0 spiro atoms. The van der Waals surface area contributed by atoms with Crippen LogP contribution in [0, 0.1) is 0 Å². The Labute approximate surface area is 227 Å². The van der Waals surface area contributed by atoms with Gasteiger partial charge in [-0.05, 0) is 41.0 Å². The van der Waals surface area contributed by atoms with E-state index in [-0.39, 0.29) is 25.0 Å². The molecule has 2 unspecified atom stereocenters. The van der Waals surface area contributed by atoms with E-state index in [0.717, 1.165) is 11.1 Å². The van der Waals surface area contributed by atoms with E-state index >= 15 is 0 Å². The summed E-state index contributed by atoms with van der Waals surface area (Å²) in [5, 5.41) is 2.75. The number of benzene rings is 4. The van der Waals surface area contributed by atoms with E-state index in [0.29, 0.717) is 23.5 Å². The number of rotatable bonds is 10. The zero-order valence-corrected chi connectivity index (χ0v) is 21.2. The Kier molecular flexibility index (Phi) is 7.98. The third-order valence-electron chi connectivity index (χ3n) is 6.50. The number of hydrogen-bond acceptors (Lipinski definition) is 5. The van der Waals surface area contributed by atoms with Gasteiger partial charge < -0.3 is 19.7 Å². The van der Waals surface area contributed by atoms with Crippen LogP contribution in [-0.2, 0) is 27.5 Å². The summed E-state index contributed by atoms with van der Waals surface area (Å²) in [7, 11) is 0. The molecule has 5 rings (SSSR count). The summed E-state index contributed by atoms with van der Waals surface area (Å²) >= 11 is 0. The Balaban J connectivity index is 1.28. The van der Waals surface area contributed by atoms with Crippen molar-refractivity contribution >= 4 is 17.8 Å². The van der Waals surface area contributed by atoms with Crippen molar-refractivity contribution < 1.29 is 23.9 Å². The summed E-state index contributed by atoms with van der Waals surface area (Å²) in [5.74, 6) is -0.581. The van der Waals surface area contributed by atoms with Crippen LogP contribution in [0.25, 0.3) is 0 Å². The molecule has 0 aliphatic carbocycles. The molecule has 1 aliphatic heterocycles. The molecule has 1 saturated heterocycles. The maximum atomic E-state index is 13.3. The number of carbonyl (C=O) groups is 3. The quantitative estimate of drug-likeness (QED) is 0.242. The summed E-state index contributed by atoms with van der Waals surface area (Å²) in [6.45, 7) is 0.690. The van der Waals surface area contributed by atoms with E-state index < -0.39 is 18.1 Å². The molecule has 196 valence electrons. The lowest BCUT2D eigenvalue weighted by molar-refractivity contribution is -0.163. The number of nitrogens with one attached hydrogen (secondary N) is 1. The highest BCUT2D eigenvalue weighted by Crippen LogP contribution is 2.30. The highest BCUT2D eigenvalue weighted by molar-refractivity contribution is 6.00. The number of likely N-dealkylation sites (tertiary alicyclic amines) is 1. The summed E-state index contributed by atoms with van der Waals surface area (Å²) < 4.78 is 11.5. The van der Waals surface area contributed by atoms with Crippen molar-refractivity contribution in [1.29, 1.82) is 0 Å². The maximum absolute atomic E-state index is 13.3. The first-order chi connectivity index (χ1) is 19.1. The van der Waals surface area contributed by atoms with Gasteiger partial charge in [0, 0.05) is 5.56 Å². The Hall–Kier alpha value is -4.91. The van der Waals surface area contributed by atoms with Crippen molar-refractivity contribution in [1.82, 2.24) is 10.2 Å². The van der Waals surface area contributed by atoms with Gasteiger partial charge >= 0.3 is 5.97 Å². The van der Waals surface area contributed by atoms with Crippen LogP contribution in [0.15, 0.2) is 115 Å². The van der Waals surface area contributed by atoms with Crippen LogP contribution in [0.3, 0.4) is 0 Å². The monoisotopic (exact) mass is 520 g/mol. The van der Waals surface area contributed by atoms with E-state index in [1.54, 1.807) is 48.5 Å². The molecule has 1 fully saturated rings. The average molecular weight is 521 g/mol. The molecule has 2 atom stereocenters. The number of esters is 1. The number of carbonyl (C=O) groups excluding carboxylic acids is 3. The Morgan fingerprint density at radius 2 is 1.33 bits per heavy atom. The van der Waals surface area contributed by atoms with Crippen LogP contribution in [0.1, 0.15) is 33.1 Å². The van der Waals surface area contributed by atoms with Crippen molar-refractivity contribution in [3.63, 3.8) is 0 Å². The summed E-state index contributed by atoms with van der Waals surface area (Å²) in [6.07, 6.45) is 0. The molecule has 4 aromatic rings. The Morgan fingerprint density at radius 1 is 0.769 bits per heavy atom. The first kappa shape index (κ1) is 25.7. The molecule has 0 bridgehead atoms. The van der Waals surface area contributed by atoms with Crippen LogP contribution >= 0.6 is 0 Å². The molecule has 0 radical (unpaired) electrons. The largest absolute Gasteiger partial charge is 0.489 e. The number of hydrogen-bond donors (Lipinski definition) is 1. The zero-order valence-electron chi connectivity index (χ0n) is 21.2. The smallest absolute Gasteiger partial charge is 0.333 e. The van der Waals surface area contributed by atoms with Crippen LogP contribution in [0.2, 0.25) is 0 Å². The highest BCUT2D eigenvalue weighted by Gasteiger charge is 2.45. The predicted molar refractivity (Wildman–Crippen MR) is 146 cm³/mol. The van der Waals surface area contributed by atoms with Crippen LogP contribution in [-0.4, -0.2) is 35.3 Å². The van der Waals surface area contributed by atoms with Crippen molar-refractivity contribution in [2.24, 2.45) is 0 Å². The SMILES string of the molecule is O=C(NC1CN(C(C(=O)OCc2ccccc2)c2ccc(OCc3ccccc3)cc2)C1=O)c1ccccc1. The van der Waals surface area contributed by atoms with E-state index in [1.807, 2.05) is 66.7 Å². The van der Waals surface area contributed by atoms with Gasteiger partial charge in [-0.1, -0.05) is 91.0 Å². The topological polar surface area (TPSA) is 84.9 Å². The molecule has 0 saturated carbocycles. The molecule has 4 aromatic carbocycles. The second kappa shape index (κ2) is 12.1. The molecule has 1 heterocycles. The maximum Gasteiger partial charge on any atom is 0.333 e. The van der Waals surface area contributed by atoms with Crippen molar-refractivity contribution in [3.05, 3.63) is 138 Å². The lowest BCUT2D eigenvalue weighted by Crippen LogP contribution is -2.65. The van der Waals surface area contributed by atoms with Crippen LogP contribution in [0.4, 0.5) is 0 Å². The molecule has 1 N–H and O–H groups in total. The third kappa shape index (κ3) is 6.33. The first-order valence-corrected chi connectivity index (χ1v) is 12.7. The molecular formula is C32H28N2O5. The van der Waals surface area contributed by atoms with E-state index in [4.69, 9.17) is 9.47 Å². The van der Waals surface area contributed by atoms with E-state index in [9.17, 15) is 14.4 Å². The standard InChI is InChI=1S/C32H28N2O5/c35-30(26-14-8-3-9-15-26)33-28-20-34(31(28)36)29(32(37)39-22-24-12-6-2-7-13-24)25-16-18-27(19-17-25)38-21-23-10-4-1-5-11-23/h1-19,28-29H,20-22H2,(H,33,35). The zero-order chi connectivity index (χ0) is 27.0. The van der Waals surface area contributed by atoms with Crippen LogP contribution < -0.4 is 10.1 Å². The van der Waals surface area contributed by atoms with Gasteiger partial charge in [0.1, 0.15) is 25.0 Å². The first-order valence-electron chi connectivity index (χ1n) is 12.7. The predicted octanol–water partition coefficient (Wildman–Crippen LogP) is 4.69. The summed E-state index contributed by atoms with van der Waals surface area (Å²) in [5.41, 5.74) is 2.95. The van der Waals surface area contributed by atoms with Crippen molar-refractivity contribution in [3.8, 4) is 5.75 Å². The van der Waals surface area contributed by atoms with Gasteiger partial charge in [0.15, 0.2) is 6.04 Å². The van der Waals surface area contributed by atoms with Gasteiger partial charge in [0.25, 0.3) is 5.91 Å². The number of nitrogens with zero attached hydrogens (tertiary/aromatic N) is 1. The Morgan fingerprint density at radius 3 is 1.92 bits per heavy atom. The van der Waals surface area contributed by atoms with Gasteiger partial charge in [-0.25, -0.2) is 4.79 Å². The van der Waals surface area contributed by atoms with Crippen molar-refractivity contribution in [2.45, 2.75) is 25.3 Å². The third-order valence-corrected chi connectivity index (χ3v) is 6.50. The minimum Gasteiger partial charge on any atom is -0.489 e. The fraction of sp³-hybridized carbons (Fsp3) is 0.156. The summed E-state index contributed by atoms with van der Waals surface area (Å²) in [6, 6.07) is 33.3. The van der Waals surface area contributed by atoms with Gasteiger partial charge in [-0.3, -0.25) is 9.59 Å². The number of ether oxygens (including phenoxy) is 2. The van der Waals surface area contributed by atoms with Gasteiger partial charge in [0.05, 0.1) is 6.54 Å².